The first-order valence-corrected chi connectivity index (χ1v) is 10.6. The summed E-state index contributed by atoms with van der Waals surface area (Å²) >= 11 is 6.38. The lowest BCUT2D eigenvalue weighted by atomic mass is 10.1. The number of ether oxygens (including phenoxy) is 1. The zero-order chi connectivity index (χ0) is 21.4. The van der Waals surface area contributed by atoms with Gasteiger partial charge in [-0.1, -0.05) is 17.7 Å². The standard InChI is InChI=1S/C23H22ClN5O2/c1-14-3-2-4-16(26-14)12-29-7-8-31-13-21(29)23(30)28-19-10-15(24)9-18-17-5-6-25-11-20(17)27-22(18)19/h2-6,9-11,21,27H,7-8,12-13H2,1H3,(H,28,30)/t21-/m0/s1. The van der Waals surface area contributed by atoms with E-state index >= 15 is 0 Å². The third-order valence-corrected chi connectivity index (χ3v) is 5.80. The molecule has 2 N–H and O–H groups in total. The van der Waals surface area contributed by atoms with Gasteiger partial charge in [0, 0.05) is 40.8 Å². The summed E-state index contributed by atoms with van der Waals surface area (Å²) in [6, 6.07) is 11.1. The number of halogens is 1. The van der Waals surface area contributed by atoms with Gasteiger partial charge in [0.1, 0.15) is 6.04 Å². The number of H-pyrrole nitrogens is 1. The van der Waals surface area contributed by atoms with Gasteiger partial charge in [-0.25, -0.2) is 0 Å². The molecule has 0 aliphatic carbocycles. The van der Waals surface area contributed by atoms with Gasteiger partial charge >= 0.3 is 0 Å². The number of benzene rings is 1. The summed E-state index contributed by atoms with van der Waals surface area (Å²) in [5.41, 5.74) is 4.25. The number of aromatic nitrogens is 3. The summed E-state index contributed by atoms with van der Waals surface area (Å²) < 4.78 is 5.63. The van der Waals surface area contributed by atoms with E-state index in [4.69, 9.17) is 16.3 Å². The number of anilines is 1. The van der Waals surface area contributed by atoms with Gasteiger partial charge in [0.15, 0.2) is 0 Å². The smallest absolute Gasteiger partial charge is 0.244 e. The van der Waals surface area contributed by atoms with Crippen LogP contribution in [0.15, 0.2) is 48.8 Å². The Balaban J connectivity index is 1.43. The van der Waals surface area contributed by atoms with Gasteiger partial charge in [-0.3, -0.25) is 19.7 Å². The van der Waals surface area contributed by atoms with Gasteiger partial charge in [0.2, 0.25) is 5.91 Å². The second kappa shape index (κ2) is 8.26. The van der Waals surface area contributed by atoms with E-state index in [2.05, 4.69) is 25.2 Å². The third-order valence-electron chi connectivity index (χ3n) is 5.58. The quantitative estimate of drug-likeness (QED) is 0.507. The van der Waals surface area contributed by atoms with Crippen molar-refractivity contribution >= 4 is 45.0 Å². The summed E-state index contributed by atoms with van der Waals surface area (Å²) in [6.07, 6.45) is 3.51. The van der Waals surface area contributed by atoms with Crippen LogP contribution in [0.3, 0.4) is 0 Å². The fourth-order valence-corrected chi connectivity index (χ4v) is 4.31. The van der Waals surface area contributed by atoms with E-state index in [9.17, 15) is 4.79 Å². The molecule has 3 aromatic heterocycles. The van der Waals surface area contributed by atoms with E-state index < -0.39 is 6.04 Å². The van der Waals surface area contributed by atoms with Crippen LogP contribution in [-0.2, 0) is 16.1 Å². The van der Waals surface area contributed by atoms with Gasteiger partial charge in [0.05, 0.1) is 41.8 Å². The lowest BCUT2D eigenvalue weighted by Crippen LogP contribution is -2.51. The first kappa shape index (κ1) is 19.9. The molecular formula is C23H22ClN5O2. The number of hydrogen-bond donors (Lipinski definition) is 2. The third kappa shape index (κ3) is 3.99. The number of aryl methyl sites for hydroxylation is 1. The number of fused-ring (bicyclic) bond motifs is 3. The minimum absolute atomic E-state index is 0.132. The van der Waals surface area contributed by atoms with Crippen molar-refractivity contribution in [2.75, 3.05) is 25.1 Å². The Morgan fingerprint density at radius 1 is 1.32 bits per heavy atom. The lowest BCUT2D eigenvalue weighted by molar-refractivity contribution is -0.127. The van der Waals surface area contributed by atoms with Crippen LogP contribution >= 0.6 is 11.6 Å². The van der Waals surface area contributed by atoms with Crippen molar-refractivity contribution in [3.8, 4) is 0 Å². The Kier molecular flexibility index (Phi) is 5.31. The van der Waals surface area contributed by atoms with E-state index in [0.717, 1.165) is 33.2 Å². The van der Waals surface area contributed by atoms with E-state index in [0.29, 0.717) is 37.0 Å². The van der Waals surface area contributed by atoms with E-state index in [1.165, 1.54) is 0 Å². The summed E-state index contributed by atoms with van der Waals surface area (Å²) in [5, 5.41) is 5.58. The average molecular weight is 436 g/mol. The monoisotopic (exact) mass is 435 g/mol. The Labute approximate surface area is 184 Å². The molecule has 7 nitrogen and oxygen atoms in total. The number of hydrogen-bond acceptors (Lipinski definition) is 5. The molecule has 0 radical (unpaired) electrons. The van der Waals surface area contributed by atoms with Crippen molar-refractivity contribution in [2.45, 2.75) is 19.5 Å². The lowest BCUT2D eigenvalue weighted by Gasteiger charge is -2.34. The highest BCUT2D eigenvalue weighted by atomic mass is 35.5. The maximum Gasteiger partial charge on any atom is 0.244 e. The van der Waals surface area contributed by atoms with Gasteiger partial charge in [-0.05, 0) is 37.3 Å². The van der Waals surface area contributed by atoms with Gasteiger partial charge in [-0.2, -0.15) is 0 Å². The molecule has 1 aliphatic rings. The van der Waals surface area contributed by atoms with Crippen LogP contribution in [0.25, 0.3) is 21.8 Å². The largest absolute Gasteiger partial charge is 0.378 e. The minimum atomic E-state index is -0.420. The molecule has 1 aliphatic heterocycles. The second-order valence-electron chi connectivity index (χ2n) is 7.74. The van der Waals surface area contributed by atoms with Crippen LogP contribution < -0.4 is 5.32 Å². The highest BCUT2D eigenvalue weighted by Crippen LogP contribution is 2.33. The molecule has 8 heteroatoms. The predicted molar refractivity (Wildman–Crippen MR) is 121 cm³/mol. The molecule has 0 saturated carbocycles. The minimum Gasteiger partial charge on any atom is -0.378 e. The molecule has 31 heavy (non-hydrogen) atoms. The Morgan fingerprint density at radius 3 is 3.10 bits per heavy atom. The molecule has 1 aromatic carbocycles. The molecule has 4 heterocycles. The summed E-state index contributed by atoms with van der Waals surface area (Å²) in [5.74, 6) is -0.132. The zero-order valence-corrected chi connectivity index (χ0v) is 17.8. The highest BCUT2D eigenvalue weighted by molar-refractivity contribution is 6.33. The van der Waals surface area contributed by atoms with Crippen LogP contribution in [-0.4, -0.2) is 51.6 Å². The Bertz CT molecular complexity index is 1270. The van der Waals surface area contributed by atoms with Crippen LogP contribution in [0.1, 0.15) is 11.4 Å². The van der Waals surface area contributed by atoms with E-state index in [-0.39, 0.29) is 5.91 Å². The number of amides is 1. The van der Waals surface area contributed by atoms with Crippen molar-refractivity contribution < 1.29 is 9.53 Å². The normalized spacial score (nSPS) is 17.3. The molecule has 1 atom stereocenters. The van der Waals surface area contributed by atoms with Crippen molar-refractivity contribution in [3.63, 3.8) is 0 Å². The molecule has 5 rings (SSSR count). The number of carbonyl (C=O) groups excluding carboxylic acids is 1. The van der Waals surface area contributed by atoms with Crippen LogP contribution in [0.4, 0.5) is 5.69 Å². The molecule has 1 amide bonds. The summed E-state index contributed by atoms with van der Waals surface area (Å²) in [6.45, 7) is 4.14. The number of rotatable bonds is 4. The van der Waals surface area contributed by atoms with Crippen LogP contribution in [0.5, 0.6) is 0 Å². The first-order valence-electron chi connectivity index (χ1n) is 10.2. The van der Waals surface area contributed by atoms with Gasteiger partial charge in [0.25, 0.3) is 0 Å². The molecule has 0 bridgehead atoms. The van der Waals surface area contributed by atoms with Crippen molar-refractivity contribution in [2.24, 2.45) is 0 Å². The fourth-order valence-electron chi connectivity index (χ4n) is 4.10. The molecule has 158 valence electrons. The molecule has 0 spiro atoms. The SMILES string of the molecule is Cc1cccc(CN2CCOC[C@H]2C(=O)Nc2cc(Cl)cc3c2[nH]c2cnccc23)n1. The molecule has 1 fully saturated rings. The van der Waals surface area contributed by atoms with Crippen LogP contribution in [0, 0.1) is 6.92 Å². The van der Waals surface area contributed by atoms with Crippen molar-refractivity contribution in [1.29, 1.82) is 0 Å². The Morgan fingerprint density at radius 2 is 2.23 bits per heavy atom. The number of nitrogens with zero attached hydrogens (tertiary/aromatic N) is 3. The second-order valence-corrected chi connectivity index (χ2v) is 8.18. The fraction of sp³-hybridized carbons (Fsp3) is 0.261. The van der Waals surface area contributed by atoms with Crippen molar-refractivity contribution in [1.82, 2.24) is 19.9 Å². The predicted octanol–water partition coefficient (Wildman–Crippen LogP) is 3.91. The highest BCUT2D eigenvalue weighted by Gasteiger charge is 2.30. The number of morpholine rings is 1. The first-order chi connectivity index (χ1) is 15.1. The van der Waals surface area contributed by atoms with Gasteiger partial charge in [-0.15, -0.1) is 0 Å². The zero-order valence-electron chi connectivity index (χ0n) is 17.1. The molecule has 1 saturated heterocycles. The summed E-state index contributed by atoms with van der Waals surface area (Å²) in [7, 11) is 0. The number of pyridine rings is 2. The van der Waals surface area contributed by atoms with E-state index in [1.54, 1.807) is 18.5 Å². The van der Waals surface area contributed by atoms with Gasteiger partial charge < -0.3 is 15.0 Å². The van der Waals surface area contributed by atoms with Crippen molar-refractivity contribution in [3.05, 3.63) is 65.2 Å². The molecule has 0 unspecified atom stereocenters. The number of nitrogens with one attached hydrogen (secondary N) is 2. The molecular weight excluding hydrogens is 414 g/mol. The number of carbonyl (C=O) groups is 1. The Hall–Kier alpha value is -3.00. The van der Waals surface area contributed by atoms with E-state index in [1.807, 2.05) is 37.3 Å². The summed E-state index contributed by atoms with van der Waals surface area (Å²) in [4.78, 5) is 27.5. The maximum atomic E-state index is 13.3. The topological polar surface area (TPSA) is 83.1 Å². The maximum absolute atomic E-state index is 13.3. The van der Waals surface area contributed by atoms with Crippen LogP contribution in [0.2, 0.25) is 5.02 Å². The average Bonchev–Trinajstić information content (AvgIpc) is 3.13. The number of aromatic amines is 1. The molecule has 4 aromatic rings.